The molecule has 0 unspecified atom stereocenters. The number of nitrogens with zero attached hydrogens (tertiary/aromatic N) is 2. The fourth-order valence-corrected chi connectivity index (χ4v) is 6.09. The summed E-state index contributed by atoms with van der Waals surface area (Å²) in [6.07, 6.45) is 1.89. The fraction of sp³-hybridized carbons (Fsp3) is 0.261. The molecule has 4 aromatic carbocycles. The highest BCUT2D eigenvalue weighted by atomic mass is 16.3. The van der Waals surface area contributed by atoms with E-state index in [-0.39, 0.29) is 22.0 Å². The summed E-state index contributed by atoms with van der Waals surface area (Å²) in [6, 6.07) is 40.2. The van der Waals surface area contributed by atoms with Crippen molar-refractivity contribution in [1.82, 2.24) is 9.97 Å². The smallest absolute Gasteiger partial charge is 0.124 e. The molecule has 1 N–H and O–H groups in total. The van der Waals surface area contributed by atoms with Gasteiger partial charge in [0, 0.05) is 22.9 Å². The van der Waals surface area contributed by atoms with Gasteiger partial charge in [-0.2, -0.15) is 0 Å². The lowest BCUT2D eigenvalue weighted by molar-refractivity contribution is 0.477. The molecule has 0 saturated heterocycles. The Kier molecular flexibility index (Phi) is 8.83. The largest absolute Gasteiger partial charge is 0.507 e. The molecule has 0 amide bonds. The van der Waals surface area contributed by atoms with Gasteiger partial charge in [0.1, 0.15) is 5.75 Å². The van der Waals surface area contributed by atoms with Crippen LogP contribution in [0.3, 0.4) is 0 Å². The lowest BCUT2D eigenvalue weighted by Crippen LogP contribution is -2.16. The van der Waals surface area contributed by atoms with Crippen LogP contribution in [0.5, 0.6) is 5.75 Å². The second kappa shape index (κ2) is 12.8. The summed E-state index contributed by atoms with van der Waals surface area (Å²) in [5, 5.41) is 11.0. The van der Waals surface area contributed by atoms with Crippen LogP contribution in [0.2, 0.25) is 0 Å². The number of pyridine rings is 2. The first kappa shape index (κ1) is 33.9. The Labute approximate surface area is 292 Å². The van der Waals surface area contributed by atoms with Crippen molar-refractivity contribution in [2.45, 2.75) is 78.6 Å². The zero-order valence-corrected chi connectivity index (χ0v) is 30.4. The summed E-state index contributed by atoms with van der Waals surface area (Å²) in [5.41, 5.74) is 13.4. The van der Waals surface area contributed by atoms with Crippen molar-refractivity contribution in [3.05, 3.63) is 138 Å². The molecule has 3 nitrogen and oxygen atoms in total. The molecule has 0 spiro atoms. The number of phenols is 1. The van der Waals surface area contributed by atoms with Crippen LogP contribution in [-0.2, 0) is 16.2 Å². The van der Waals surface area contributed by atoms with Crippen LogP contribution in [0.15, 0.2) is 121 Å². The van der Waals surface area contributed by atoms with Gasteiger partial charge in [-0.05, 0) is 110 Å². The second-order valence-corrected chi connectivity index (χ2v) is 16.3. The molecule has 0 aliphatic heterocycles. The molecule has 0 fully saturated rings. The van der Waals surface area contributed by atoms with Crippen LogP contribution in [0.1, 0.15) is 79.0 Å². The maximum atomic E-state index is 11.0. The molecular formula is C46H48N2O. The summed E-state index contributed by atoms with van der Waals surface area (Å²) in [6.45, 7) is 20.3. The predicted molar refractivity (Wildman–Crippen MR) is 207 cm³/mol. The molecule has 0 aliphatic rings. The van der Waals surface area contributed by atoms with Crippen LogP contribution in [0, 0.1) is 0 Å². The molecule has 0 saturated carbocycles. The van der Waals surface area contributed by atoms with Gasteiger partial charge in [-0.25, -0.2) is 4.98 Å². The minimum atomic E-state index is -0.109. The highest BCUT2D eigenvalue weighted by Gasteiger charge is 2.23. The van der Waals surface area contributed by atoms with Crippen LogP contribution < -0.4 is 0 Å². The van der Waals surface area contributed by atoms with Gasteiger partial charge in [-0.15, -0.1) is 0 Å². The zero-order valence-electron chi connectivity index (χ0n) is 30.4. The van der Waals surface area contributed by atoms with Crippen molar-refractivity contribution in [2.75, 3.05) is 0 Å². The van der Waals surface area contributed by atoms with Gasteiger partial charge in [-0.3, -0.25) is 4.98 Å². The van der Waals surface area contributed by atoms with E-state index in [0.29, 0.717) is 5.56 Å². The Bertz CT molecular complexity index is 2090. The normalized spacial score (nSPS) is 12.3. The molecule has 0 bridgehead atoms. The molecular weight excluding hydrogens is 597 g/mol. The summed E-state index contributed by atoms with van der Waals surface area (Å²) in [4.78, 5) is 10.1. The van der Waals surface area contributed by atoms with Crippen molar-refractivity contribution in [1.29, 1.82) is 0 Å². The van der Waals surface area contributed by atoms with Crippen molar-refractivity contribution < 1.29 is 5.11 Å². The second-order valence-electron chi connectivity index (χ2n) is 16.3. The van der Waals surface area contributed by atoms with E-state index in [1.165, 1.54) is 16.7 Å². The van der Waals surface area contributed by atoms with Gasteiger partial charge in [-0.1, -0.05) is 123 Å². The minimum Gasteiger partial charge on any atom is -0.507 e. The summed E-state index contributed by atoms with van der Waals surface area (Å²) < 4.78 is 0. The van der Waals surface area contributed by atoms with Crippen LogP contribution in [0.25, 0.3) is 56.0 Å². The van der Waals surface area contributed by atoms with Gasteiger partial charge in [0.05, 0.1) is 17.1 Å². The number of hydrogen-bond acceptors (Lipinski definition) is 3. The Morgan fingerprint density at radius 3 is 1.51 bits per heavy atom. The summed E-state index contributed by atoms with van der Waals surface area (Å²) >= 11 is 0. The number of para-hydroxylation sites is 1. The quantitative estimate of drug-likeness (QED) is 0.203. The van der Waals surface area contributed by atoms with Crippen molar-refractivity contribution in [2.24, 2.45) is 0 Å². The number of aromatic nitrogens is 2. The topological polar surface area (TPSA) is 46.0 Å². The average molecular weight is 645 g/mol. The molecule has 248 valence electrons. The first-order chi connectivity index (χ1) is 23.1. The van der Waals surface area contributed by atoms with Gasteiger partial charge in [0.25, 0.3) is 0 Å². The van der Waals surface area contributed by atoms with Crippen LogP contribution in [-0.4, -0.2) is 15.1 Å². The third-order valence-corrected chi connectivity index (χ3v) is 9.26. The molecule has 49 heavy (non-hydrogen) atoms. The van der Waals surface area contributed by atoms with E-state index in [1.54, 1.807) is 6.07 Å². The maximum absolute atomic E-state index is 11.0. The van der Waals surface area contributed by atoms with E-state index in [9.17, 15) is 5.11 Å². The number of rotatable bonds is 5. The van der Waals surface area contributed by atoms with E-state index in [1.807, 2.05) is 30.5 Å². The molecule has 3 heteroatoms. The lowest BCUT2D eigenvalue weighted by Gasteiger charge is -2.26. The highest BCUT2D eigenvalue weighted by molar-refractivity contribution is 5.81. The lowest BCUT2D eigenvalue weighted by atomic mass is 9.79. The SMILES string of the molecule is CC(C)(C)c1cc(-c2cc(-c3ccccc3)ccn2)cc(-c2cc(-c3cc(C(C)(C)C)cc(C(C)(C)C)c3)cc(-c3ccccc3O)n2)c1. The summed E-state index contributed by atoms with van der Waals surface area (Å²) in [7, 11) is 0. The van der Waals surface area contributed by atoms with Gasteiger partial charge < -0.3 is 5.11 Å². The van der Waals surface area contributed by atoms with Gasteiger partial charge in [0.15, 0.2) is 0 Å². The summed E-state index contributed by atoms with van der Waals surface area (Å²) in [5.74, 6) is 0.211. The first-order valence-corrected chi connectivity index (χ1v) is 17.2. The van der Waals surface area contributed by atoms with Crippen molar-refractivity contribution >= 4 is 0 Å². The minimum absolute atomic E-state index is 0.0242. The Morgan fingerprint density at radius 1 is 0.408 bits per heavy atom. The van der Waals surface area contributed by atoms with Gasteiger partial charge in [0.2, 0.25) is 0 Å². The highest BCUT2D eigenvalue weighted by Crippen LogP contribution is 2.40. The van der Waals surface area contributed by atoms with E-state index in [0.717, 1.165) is 50.5 Å². The maximum Gasteiger partial charge on any atom is 0.124 e. The van der Waals surface area contributed by atoms with E-state index in [2.05, 4.69) is 147 Å². The molecule has 2 heterocycles. The number of benzene rings is 4. The molecule has 2 aromatic heterocycles. The first-order valence-electron chi connectivity index (χ1n) is 17.2. The molecule has 6 aromatic rings. The molecule has 0 atom stereocenters. The van der Waals surface area contributed by atoms with E-state index >= 15 is 0 Å². The Balaban J connectivity index is 1.60. The Morgan fingerprint density at radius 2 is 0.898 bits per heavy atom. The van der Waals surface area contributed by atoms with Crippen molar-refractivity contribution in [3.63, 3.8) is 0 Å². The van der Waals surface area contributed by atoms with Crippen LogP contribution in [0.4, 0.5) is 0 Å². The van der Waals surface area contributed by atoms with Crippen LogP contribution >= 0.6 is 0 Å². The monoisotopic (exact) mass is 644 g/mol. The Hall–Kier alpha value is -5.02. The van der Waals surface area contributed by atoms with Crippen molar-refractivity contribution in [3.8, 4) is 61.8 Å². The standard InChI is InChI=1S/C46H48N2O/c1-44(2,3)36-24-34(40-26-31(19-20-47-40)30-15-11-10-12-16-30)21-35(25-36)41-27-33(28-42(48-41)39-17-13-14-18-43(39)49)32-22-37(45(4,5)6)29-38(23-32)46(7,8)9/h10-29,49H,1-9H3. The predicted octanol–water partition coefficient (Wildman–Crippen LogP) is 12.4. The molecule has 0 aliphatic carbocycles. The zero-order chi connectivity index (χ0) is 35.1. The molecule has 0 radical (unpaired) electrons. The average Bonchev–Trinajstić information content (AvgIpc) is 3.07. The third kappa shape index (κ3) is 7.52. The third-order valence-electron chi connectivity index (χ3n) is 9.26. The number of aromatic hydroxyl groups is 1. The molecule has 6 rings (SSSR count). The van der Waals surface area contributed by atoms with E-state index < -0.39 is 0 Å². The fourth-order valence-electron chi connectivity index (χ4n) is 6.09. The number of hydrogen-bond donors (Lipinski definition) is 1. The van der Waals surface area contributed by atoms with E-state index in [4.69, 9.17) is 9.97 Å². The number of phenolic OH excluding ortho intramolecular Hbond substituents is 1. The van der Waals surface area contributed by atoms with Gasteiger partial charge >= 0.3 is 0 Å².